The third-order valence-corrected chi connectivity index (χ3v) is 3.93. The monoisotopic (exact) mass is 299 g/mol. The zero-order chi connectivity index (χ0) is 14.7. The molecule has 0 atom stereocenters. The first kappa shape index (κ1) is 13.7. The first-order chi connectivity index (χ1) is 10.3. The van der Waals surface area contributed by atoms with E-state index in [0.717, 1.165) is 22.0 Å². The Morgan fingerprint density at radius 3 is 2.90 bits per heavy atom. The molecular formula is C16H13NO3S. The van der Waals surface area contributed by atoms with Crippen LogP contribution in [0.2, 0.25) is 0 Å². The van der Waals surface area contributed by atoms with Crippen molar-refractivity contribution >= 4 is 11.8 Å². The van der Waals surface area contributed by atoms with Crippen LogP contribution < -0.4 is 14.2 Å². The van der Waals surface area contributed by atoms with E-state index in [9.17, 15) is 5.26 Å². The van der Waals surface area contributed by atoms with Gasteiger partial charge in [0.25, 0.3) is 0 Å². The van der Waals surface area contributed by atoms with E-state index in [0.29, 0.717) is 17.9 Å². The predicted molar refractivity (Wildman–Crippen MR) is 79.8 cm³/mol. The summed E-state index contributed by atoms with van der Waals surface area (Å²) in [4.78, 5) is 0.917. The summed E-state index contributed by atoms with van der Waals surface area (Å²) in [7, 11) is 0. The SMILES string of the molecule is CSc1cccc(OCc2ccc3c(c2)OCO3)c1C#N. The van der Waals surface area contributed by atoms with E-state index in [-0.39, 0.29) is 6.79 Å². The number of hydrogen-bond acceptors (Lipinski definition) is 5. The van der Waals surface area contributed by atoms with Crippen LogP contribution in [0.15, 0.2) is 41.3 Å². The number of fused-ring (bicyclic) bond motifs is 1. The first-order valence-corrected chi connectivity index (χ1v) is 7.62. The van der Waals surface area contributed by atoms with Gasteiger partial charge >= 0.3 is 0 Å². The maximum atomic E-state index is 9.27. The van der Waals surface area contributed by atoms with Crippen molar-refractivity contribution in [1.29, 1.82) is 5.26 Å². The molecule has 1 aliphatic heterocycles. The summed E-state index contributed by atoms with van der Waals surface area (Å²) in [6.45, 7) is 0.636. The van der Waals surface area contributed by atoms with E-state index in [1.807, 2.05) is 42.7 Å². The van der Waals surface area contributed by atoms with Crippen LogP contribution >= 0.6 is 11.8 Å². The standard InChI is InChI=1S/C16H13NO3S/c1-21-16-4-2-3-13(12(16)8-17)18-9-11-5-6-14-15(7-11)20-10-19-14/h2-7H,9-10H2,1H3. The summed E-state index contributed by atoms with van der Waals surface area (Å²) in [5, 5.41) is 9.27. The minimum absolute atomic E-state index is 0.258. The Bertz CT molecular complexity index is 709. The fourth-order valence-corrected chi connectivity index (χ4v) is 2.67. The average molecular weight is 299 g/mol. The molecule has 2 aromatic rings. The molecule has 1 heterocycles. The van der Waals surface area contributed by atoms with Gasteiger partial charge in [0.2, 0.25) is 6.79 Å². The van der Waals surface area contributed by atoms with Crippen molar-refractivity contribution in [1.82, 2.24) is 0 Å². The van der Waals surface area contributed by atoms with Gasteiger partial charge in [-0.15, -0.1) is 11.8 Å². The van der Waals surface area contributed by atoms with Crippen LogP contribution in [0.25, 0.3) is 0 Å². The molecule has 0 saturated carbocycles. The number of benzene rings is 2. The Kier molecular flexibility index (Phi) is 3.89. The molecule has 106 valence electrons. The van der Waals surface area contributed by atoms with Crippen molar-refractivity contribution in [3.05, 3.63) is 47.5 Å². The van der Waals surface area contributed by atoms with Gasteiger partial charge in [-0.25, -0.2) is 0 Å². The zero-order valence-electron chi connectivity index (χ0n) is 11.5. The van der Waals surface area contributed by atoms with Gasteiger partial charge in [-0.05, 0) is 36.1 Å². The molecule has 1 aliphatic rings. The van der Waals surface area contributed by atoms with Crippen molar-refractivity contribution < 1.29 is 14.2 Å². The highest BCUT2D eigenvalue weighted by Crippen LogP contribution is 2.33. The number of nitriles is 1. The van der Waals surface area contributed by atoms with Crippen molar-refractivity contribution in [2.75, 3.05) is 13.0 Å². The molecular weight excluding hydrogens is 286 g/mol. The van der Waals surface area contributed by atoms with Crippen LogP contribution in [0.5, 0.6) is 17.2 Å². The number of nitrogens with zero attached hydrogens (tertiary/aromatic N) is 1. The second-order valence-electron chi connectivity index (χ2n) is 4.42. The molecule has 5 heteroatoms. The van der Waals surface area contributed by atoms with Crippen LogP contribution in [0, 0.1) is 11.3 Å². The number of rotatable bonds is 4. The summed E-state index contributed by atoms with van der Waals surface area (Å²) in [6, 6.07) is 13.5. The van der Waals surface area contributed by atoms with Crippen molar-refractivity contribution in [3.63, 3.8) is 0 Å². The topological polar surface area (TPSA) is 51.5 Å². The Hall–Kier alpha value is -2.32. The van der Waals surface area contributed by atoms with E-state index in [1.165, 1.54) is 11.8 Å². The summed E-state index contributed by atoms with van der Waals surface area (Å²) >= 11 is 1.53. The number of ether oxygens (including phenoxy) is 3. The van der Waals surface area contributed by atoms with Crippen LogP contribution in [0.4, 0.5) is 0 Å². The lowest BCUT2D eigenvalue weighted by atomic mass is 10.2. The fraction of sp³-hybridized carbons (Fsp3) is 0.188. The Morgan fingerprint density at radius 2 is 2.10 bits per heavy atom. The summed E-state index contributed by atoms with van der Waals surface area (Å²) < 4.78 is 16.4. The molecule has 0 unspecified atom stereocenters. The highest BCUT2D eigenvalue weighted by atomic mass is 32.2. The van der Waals surface area contributed by atoms with E-state index in [2.05, 4.69) is 6.07 Å². The van der Waals surface area contributed by atoms with Crippen molar-refractivity contribution in [2.45, 2.75) is 11.5 Å². The molecule has 0 saturated heterocycles. The number of thioether (sulfide) groups is 1. The third kappa shape index (κ3) is 2.76. The summed E-state index contributed by atoms with van der Waals surface area (Å²) in [6.07, 6.45) is 1.94. The van der Waals surface area contributed by atoms with Crippen molar-refractivity contribution in [3.8, 4) is 23.3 Å². The van der Waals surface area contributed by atoms with Crippen LogP contribution in [0.1, 0.15) is 11.1 Å². The predicted octanol–water partition coefficient (Wildman–Crippen LogP) is 3.59. The molecule has 0 bridgehead atoms. The van der Waals surface area contributed by atoms with Crippen LogP contribution in [-0.2, 0) is 6.61 Å². The minimum Gasteiger partial charge on any atom is -0.487 e. The van der Waals surface area contributed by atoms with Gasteiger partial charge in [-0.3, -0.25) is 0 Å². The molecule has 0 aromatic heterocycles. The maximum Gasteiger partial charge on any atom is 0.231 e. The second kappa shape index (κ2) is 5.98. The van der Waals surface area contributed by atoms with Crippen LogP contribution in [0.3, 0.4) is 0 Å². The molecule has 0 radical (unpaired) electrons. The second-order valence-corrected chi connectivity index (χ2v) is 5.27. The Labute approximate surface area is 127 Å². The highest BCUT2D eigenvalue weighted by Gasteiger charge is 2.14. The highest BCUT2D eigenvalue weighted by molar-refractivity contribution is 7.98. The van der Waals surface area contributed by atoms with Gasteiger partial charge in [-0.2, -0.15) is 5.26 Å². The van der Waals surface area contributed by atoms with E-state index in [1.54, 1.807) is 0 Å². The molecule has 0 N–H and O–H groups in total. The van der Waals surface area contributed by atoms with Crippen LogP contribution in [-0.4, -0.2) is 13.0 Å². The molecule has 3 rings (SSSR count). The van der Waals surface area contributed by atoms with Gasteiger partial charge in [0.1, 0.15) is 24.0 Å². The third-order valence-electron chi connectivity index (χ3n) is 3.15. The molecule has 0 aliphatic carbocycles. The summed E-state index contributed by atoms with van der Waals surface area (Å²) in [5.41, 5.74) is 1.54. The lowest BCUT2D eigenvalue weighted by molar-refractivity contribution is 0.174. The van der Waals surface area contributed by atoms with E-state index in [4.69, 9.17) is 14.2 Å². The molecule has 2 aromatic carbocycles. The van der Waals surface area contributed by atoms with Gasteiger partial charge in [0.15, 0.2) is 11.5 Å². The number of hydrogen-bond donors (Lipinski definition) is 0. The largest absolute Gasteiger partial charge is 0.487 e. The van der Waals surface area contributed by atoms with Crippen molar-refractivity contribution in [2.24, 2.45) is 0 Å². The quantitative estimate of drug-likeness (QED) is 0.808. The Balaban J connectivity index is 1.78. The van der Waals surface area contributed by atoms with Gasteiger partial charge in [0, 0.05) is 4.90 Å². The van der Waals surface area contributed by atoms with Gasteiger partial charge in [0.05, 0.1) is 0 Å². The molecule has 0 spiro atoms. The first-order valence-electron chi connectivity index (χ1n) is 6.40. The normalized spacial score (nSPS) is 12.0. The van der Waals surface area contributed by atoms with Gasteiger partial charge < -0.3 is 14.2 Å². The Morgan fingerprint density at radius 1 is 1.24 bits per heavy atom. The smallest absolute Gasteiger partial charge is 0.231 e. The maximum absolute atomic E-state index is 9.27. The molecule has 21 heavy (non-hydrogen) atoms. The van der Waals surface area contributed by atoms with E-state index < -0.39 is 0 Å². The average Bonchev–Trinajstić information content (AvgIpc) is 2.99. The zero-order valence-corrected chi connectivity index (χ0v) is 12.3. The molecule has 0 amide bonds. The van der Waals surface area contributed by atoms with E-state index >= 15 is 0 Å². The summed E-state index contributed by atoms with van der Waals surface area (Å²) in [5.74, 6) is 2.08. The lowest BCUT2D eigenvalue weighted by Gasteiger charge is -2.10. The fourth-order valence-electron chi connectivity index (χ4n) is 2.10. The lowest BCUT2D eigenvalue weighted by Crippen LogP contribution is -1.98. The minimum atomic E-state index is 0.258. The molecule has 4 nitrogen and oxygen atoms in total. The van der Waals surface area contributed by atoms with Gasteiger partial charge in [-0.1, -0.05) is 12.1 Å². The molecule has 0 fully saturated rings.